The molecule has 86 valence electrons. The first-order valence-electron chi connectivity index (χ1n) is 6.56. The van der Waals surface area contributed by atoms with Crippen LogP contribution in [0.3, 0.4) is 0 Å². The normalized spacial score (nSPS) is 33.1. The van der Waals surface area contributed by atoms with Crippen molar-refractivity contribution in [3.63, 3.8) is 0 Å². The van der Waals surface area contributed by atoms with E-state index in [0.717, 1.165) is 19.3 Å². The number of hydrogen-bond acceptors (Lipinski definition) is 2. The highest BCUT2D eigenvalue weighted by molar-refractivity contribution is 5.84. The maximum Gasteiger partial charge on any atom is 0.139 e. The summed E-state index contributed by atoms with van der Waals surface area (Å²) >= 11 is 0. The quantitative estimate of drug-likeness (QED) is 0.776. The Bertz CT molecular complexity index is 221. The minimum Gasteiger partial charge on any atom is -0.330 e. The van der Waals surface area contributed by atoms with Crippen LogP contribution in [0.25, 0.3) is 0 Å². The molecule has 0 aromatic carbocycles. The fourth-order valence-corrected chi connectivity index (χ4v) is 3.38. The summed E-state index contributed by atoms with van der Waals surface area (Å²) in [6.45, 7) is 0.711. The molecule has 0 aromatic heterocycles. The van der Waals surface area contributed by atoms with Crippen molar-refractivity contribution in [2.24, 2.45) is 23.5 Å². The lowest BCUT2D eigenvalue weighted by atomic mass is 9.78. The lowest BCUT2D eigenvalue weighted by Crippen LogP contribution is -2.31. The van der Waals surface area contributed by atoms with Crippen LogP contribution < -0.4 is 5.73 Å². The molecule has 0 amide bonds. The molecular formula is C13H23NO. The Balaban J connectivity index is 1.93. The zero-order valence-electron chi connectivity index (χ0n) is 9.58. The van der Waals surface area contributed by atoms with E-state index < -0.39 is 0 Å². The lowest BCUT2D eigenvalue weighted by Gasteiger charge is -2.25. The van der Waals surface area contributed by atoms with Crippen molar-refractivity contribution in [2.75, 3.05) is 6.54 Å². The third-order valence-electron chi connectivity index (χ3n) is 4.33. The Hall–Kier alpha value is -0.370. The molecule has 0 radical (unpaired) electrons. The molecule has 2 aliphatic carbocycles. The average Bonchev–Trinajstić information content (AvgIpc) is 2.77. The van der Waals surface area contributed by atoms with Gasteiger partial charge in [-0.2, -0.15) is 0 Å². The molecule has 2 heteroatoms. The fraction of sp³-hybridized carbons (Fsp3) is 0.923. The van der Waals surface area contributed by atoms with Crippen LogP contribution in [0.1, 0.15) is 51.4 Å². The monoisotopic (exact) mass is 209 g/mol. The number of Topliss-reactive ketones (excluding diaryl/α,β-unsaturated/α-hetero) is 1. The Morgan fingerprint density at radius 3 is 2.40 bits per heavy atom. The SMILES string of the molecule is NCC1CCCC1C(=O)C1CCCCC1. The summed E-state index contributed by atoms with van der Waals surface area (Å²) < 4.78 is 0. The number of carbonyl (C=O) groups excluding carboxylic acids is 1. The molecule has 2 N–H and O–H groups in total. The van der Waals surface area contributed by atoms with Gasteiger partial charge in [0.2, 0.25) is 0 Å². The van der Waals surface area contributed by atoms with Gasteiger partial charge in [0.25, 0.3) is 0 Å². The van der Waals surface area contributed by atoms with Gasteiger partial charge in [0, 0.05) is 11.8 Å². The number of hydrogen-bond donors (Lipinski definition) is 1. The van der Waals surface area contributed by atoms with Gasteiger partial charge < -0.3 is 5.73 Å². The molecule has 2 fully saturated rings. The Morgan fingerprint density at radius 2 is 1.73 bits per heavy atom. The Labute approximate surface area is 92.6 Å². The van der Waals surface area contributed by atoms with Gasteiger partial charge in [-0.1, -0.05) is 25.7 Å². The van der Waals surface area contributed by atoms with Crippen LogP contribution in [0.4, 0.5) is 0 Å². The van der Waals surface area contributed by atoms with Crippen molar-refractivity contribution in [2.45, 2.75) is 51.4 Å². The highest BCUT2D eigenvalue weighted by Crippen LogP contribution is 2.36. The second-order valence-electron chi connectivity index (χ2n) is 5.27. The van der Waals surface area contributed by atoms with Crippen LogP contribution >= 0.6 is 0 Å². The first-order chi connectivity index (χ1) is 7.33. The molecule has 0 spiro atoms. The van der Waals surface area contributed by atoms with E-state index in [-0.39, 0.29) is 0 Å². The molecule has 15 heavy (non-hydrogen) atoms. The van der Waals surface area contributed by atoms with Crippen molar-refractivity contribution in [1.29, 1.82) is 0 Å². The van der Waals surface area contributed by atoms with Gasteiger partial charge in [0.15, 0.2) is 0 Å². The van der Waals surface area contributed by atoms with E-state index in [4.69, 9.17) is 5.73 Å². The van der Waals surface area contributed by atoms with Crippen molar-refractivity contribution in [3.8, 4) is 0 Å². The van der Waals surface area contributed by atoms with Crippen LogP contribution in [-0.2, 0) is 4.79 Å². The van der Waals surface area contributed by atoms with Gasteiger partial charge in [-0.25, -0.2) is 0 Å². The van der Waals surface area contributed by atoms with Crippen molar-refractivity contribution in [1.82, 2.24) is 0 Å². The first kappa shape index (κ1) is 11.1. The van der Waals surface area contributed by atoms with Gasteiger partial charge in [-0.05, 0) is 38.1 Å². The molecule has 2 nitrogen and oxygen atoms in total. The fourth-order valence-electron chi connectivity index (χ4n) is 3.38. The molecule has 0 heterocycles. The van der Waals surface area contributed by atoms with E-state index in [1.807, 2.05) is 0 Å². The summed E-state index contributed by atoms with van der Waals surface area (Å²) in [6, 6.07) is 0. The first-order valence-corrected chi connectivity index (χ1v) is 6.56. The van der Waals surface area contributed by atoms with E-state index >= 15 is 0 Å². The predicted molar refractivity (Wildman–Crippen MR) is 61.5 cm³/mol. The summed E-state index contributed by atoms with van der Waals surface area (Å²) in [5.74, 6) is 1.76. The smallest absolute Gasteiger partial charge is 0.139 e. The topological polar surface area (TPSA) is 43.1 Å². The van der Waals surface area contributed by atoms with Crippen molar-refractivity contribution >= 4 is 5.78 Å². The summed E-state index contributed by atoms with van der Waals surface area (Å²) in [5, 5.41) is 0. The molecule has 2 unspecified atom stereocenters. The van der Waals surface area contributed by atoms with E-state index in [2.05, 4.69) is 0 Å². The molecule has 0 saturated heterocycles. The largest absolute Gasteiger partial charge is 0.330 e. The third kappa shape index (κ3) is 2.41. The van der Waals surface area contributed by atoms with Crippen LogP contribution in [0, 0.1) is 17.8 Å². The molecule has 2 saturated carbocycles. The zero-order chi connectivity index (χ0) is 10.7. The molecule has 0 aromatic rings. The Morgan fingerprint density at radius 1 is 1.00 bits per heavy atom. The molecule has 2 atom stereocenters. The third-order valence-corrected chi connectivity index (χ3v) is 4.33. The molecule has 2 rings (SSSR count). The summed E-state index contributed by atoms with van der Waals surface area (Å²) in [6.07, 6.45) is 9.64. The Kier molecular flexibility index (Phi) is 3.79. The van der Waals surface area contributed by atoms with Crippen molar-refractivity contribution in [3.05, 3.63) is 0 Å². The van der Waals surface area contributed by atoms with Gasteiger partial charge >= 0.3 is 0 Å². The second kappa shape index (κ2) is 5.11. The maximum absolute atomic E-state index is 12.3. The second-order valence-corrected chi connectivity index (χ2v) is 5.27. The van der Waals surface area contributed by atoms with E-state index in [1.54, 1.807) is 0 Å². The lowest BCUT2D eigenvalue weighted by molar-refractivity contribution is -0.128. The number of rotatable bonds is 3. The molecule has 0 bridgehead atoms. The summed E-state index contributed by atoms with van der Waals surface area (Å²) in [4.78, 5) is 12.3. The van der Waals surface area contributed by atoms with Crippen LogP contribution in [0.15, 0.2) is 0 Å². The van der Waals surface area contributed by atoms with Crippen LogP contribution in [0.2, 0.25) is 0 Å². The summed E-state index contributed by atoms with van der Waals surface area (Å²) in [7, 11) is 0. The van der Waals surface area contributed by atoms with Crippen LogP contribution in [0.5, 0.6) is 0 Å². The maximum atomic E-state index is 12.3. The summed E-state index contributed by atoms with van der Waals surface area (Å²) in [5.41, 5.74) is 5.74. The van der Waals surface area contributed by atoms with E-state index in [9.17, 15) is 4.79 Å². The van der Waals surface area contributed by atoms with E-state index in [0.29, 0.717) is 30.1 Å². The number of nitrogens with two attached hydrogens (primary N) is 1. The van der Waals surface area contributed by atoms with Gasteiger partial charge in [0.05, 0.1) is 0 Å². The van der Waals surface area contributed by atoms with Gasteiger partial charge in [0.1, 0.15) is 5.78 Å². The standard InChI is InChI=1S/C13H23NO/c14-9-11-7-4-8-12(11)13(15)10-5-2-1-3-6-10/h10-12H,1-9,14H2. The number of carbonyl (C=O) groups is 1. The zero-order valence-corrected chi connectivity index (χ0v) is 9.58. The highest BCUT2D eigenvalue weighted by atomic mass is 16.1. The van der Waals surface area contributed by atoms with Gasteiger partial charge in [-0.15, -0.1) is 0 Å². The van der Waals surface area contributed by atoms with Gasteiger partial charge in [-0.3, -0.25) is 4.79 Å². The molecular weight excluding hydrogens is 186 g/mol. The highest BCUT2D eigenvalue weighted by Gasteiger charge is 2.35. The predicted octanol–water partition coefficient (Wildman–Crippen LogP) is 2.51. The average molecular weight is 209 g/mol. The minimum atomic E-state index is 0.318. The van der Waals surface area contributed by atoms with E-state index in [1.165, 1.54) is 32.1 Å². The molecule has 0 aliphatic heterocycles. The number of ketones is 1. The van der Waals surface area contributed by atoms with Crippen LogP contribution in [-0.4, -0.2) is 12.3 Å². The minimum absolute atomic E-state index is 0.318. The van der Waals surface area contributed by atoms with Crippen molar-refractivity contribution < 1.29 is 4.79 Å². The molecule has 2 aliphatic rings.